The molecular formula is C22H19ClFNO5S2. The standard InChI is InChI=1S/C22H19ClFNO5S2/c1-28-18-10-13(6-7-17(18)30-12-14-15(23)4-3-5-16(14)24)11-19-21(27)25(22(31)32-19)9-8-20(26)29-2/h3-7,10-11H,8-9,12H2,1-2H3/b19-11+. The van der Waals surface area contributed by atoms with Crippen LogP contribution in [0.3, 0.4) is 0 Å². The maximum Gasteiger partial charge on any atom is 0.307 e. The summed E-state index contributed by atoms with van der Waals surface area (Å²) in [6.45, 7) is 0.0868. The zero-order valence-electron chi connectivity index (χ0n) is 17.2. The van der Waals surface area contributed by atoms with Crippen molar-refractivity contribution in [2.45, 2.75) is 13.0 Å². The molecule has 6 nitrogen and oxygen atoms in total. The van der Waals surface area contributed by atoms with Gasteiger partial charge in [-0.25, -0.2) is 4.39 Å². The van der Waals surface area contributed by atoms with Crippen LogP contribution in [0.25, 0.3) is 6.08 Å². The molecule has 0 unspecified atom stereocenters. The number of ether oxygens (including phenoxy) is 3. The third-order valence-electron chi connectivity index (χ3n) is 4.56. The van der Waals surface area contributed by atoms with Crippen molar-refractivity contribution in [2.75, 3.05) is 20.8 Å². The predicted molar refractivity (Wildman–Crippen MR) is 125 cm³/mol. The molecule has 0 N–H and O–H groups in total. The molecule has 168 valence electrons. The van der Waals surface area contributed by atoms with E-state index in [1.807, 2.05) is 0 Å². The van der Waals surface area contributed by atoms with Gasteiger partial charge < -0.3 is 14.2 Å². The highest BCUT2D eigenvalue weighted by atomic mass is 35.5. The van der Waals surface area contributed by atoms with Gasteiger partial charge in [0.15, 0.2) is 11.5 Å². The Kier molecular flexibility index (Phi) is 8.11. The molecule has 10 heteroatoms. The smallest absolute Gasteiger partial charge is 0.307 e. The Morgan fingerprint density at radius 2 is 2.03 bits per heavy atom. The Bertz CT molecular complexity index is 1070. The van der Waals surface area contributed by atoms with Crippen molar-refractivity contribution in [3.63, 3.8) is 0 Å². The van der Waals surface area contributed by atoms with E-state index in [-0.39, 0.29) is 36.1 Å². The summed E-state index contributed by atoms with van der Waals surface area (Å²) in [6.07, 6.45) is 1.74. The maximum atomic E-state index is 14.0. The molecule has 0 spiro atoms. The number of amides is 1. The van der Waals surface area contributed by atoms with Gasteiger partial charge in [0.1, 0.15) is 16.7 Å². The number of esters is 1. The number of halogens is 2. The Morgan fingerprint density at radius 1 is 1.25 bits per heavy atom. The summed E-state index contributed by atoms with van der Waals surface area (Å²) in [5.74, 6) is -0.346. The SMILES string of the molecule is COC(=O)CCN1C(=O)/C(=C\c2ccc(OCc3c(F)cccc3Cl)c(OC)c2)SC1=S. The van der Waals surface area contributed by atoms with Crippen LogP contribution in [0.4, 0.5) is 4.39 Å². The molecule has 0 atom stereocenters. The van der Waals surface area contributed by atoms with Crippen molar-refractivity contribution in [1.29, 1.82) is 0 Å². The first-order valence-electron chi connectivity index (χ1n) is 9.40. The minimum atomic E-state index is -0.456. The van der Waals surface area contributed by atoms with Crippen molar-refractivity contribution in [3.05, 3.63) is 63.3 Å². The topological polar surface area (TPSA) is 65.1 Å². The molecular weight excluding hydrogens is 477 g/mol. The number of rotatable bonds is 8. The number of methoxy groups -OCH3 is 2. The van der Waals surface area contributed by atoms with Crippen molar-refractivity contribution >= 4 is 57.9 Å². The number of thiocarbonyl (C=S) groups is 1. The van der Waals surface area contributed by atoms with Crippen LogP contribution < -0.4 is 9.47 Å². The molecule has 1 fully saturated rings. The van der Waals surface area contributed by atoms with E-state index < -0.39 is 11.8 Å². The van der Waals surface area contributed by atoms with Gasteiger partial charge in [0.25, 0.3) is 5.91 Å². The maximum absolute atomic E-state index is 14.0. The van der Waals surface area contributed by atoms with E-state index in [2.05, 4.69) is 4.74 Å². The zero-order valence-corrected chi connectivity index (χ0v) is 19.6. The minimum Gasteiger partial charge on any atom is -0.493 e. The highest BCUT2D eigenvalue weighted by molar-refractivity contribution is 8.26. The molecule has 1 heterocycles. The number of nitrogens with zero attached hydrogens (tertiary/aromatic N) is 1. The van der Waals surface area contributed by atoms with E-state index in [9.17, 15) is 14.0 Å². The Balaban J connectivity index is 1.74. The Hall–Kier alpha value is -2.62. The summed E-state index contributed by atoms with van der Waals surface area (Å²) < 4.78 is 30.0. The predicted octanol–water partition coefficient (Wildman–Crippen LogP) is 4.83. The molecule has 3 rings (SSSR count). The van der Waals surface area contributed by atoms with E-state index in [4.69, 9.17) is 33.3 Å². The van der Waals surface area contributed by atoms with Crippen molar-refractivity contribution in [1.82, 2.24) is 4.90 Å². The molecule has 1 saturated heterocycles. The zero-order chi connectivity index (χ0) is 23.3. The molecule has 32 heavy (non-hydrogen) atoms. The van der Waals surface area contributed by atoms with Gasteiger partial charge in [0, 0.05) is 12.1 Å². The fraction of sp³-hybridized carbons (Fsp3) is 0.227. The van der Waals surface area contributed by atoms with Crippen molar-refractivity contribution in [2.24, 2.45) is 0 Å². The molecule has 1 aliphatic heterocycles. The monoisotopic (exact) mass is 495 g/mol. The third-order valence-corrected chi connectivity index (χ3v) is 6.29. The van der Waals surface area contributed by atoms with Crippen LogP contribution in [0.15, 0.2) is 41.3 Å². The second kappa shape index (κ2) is 10.8. The van der Waals surface area contributed by atoms with E-state index in [0.717, 1.165) is 11.8 Å². The van der Waals surface area contributed by atoms with Crippen molar-refractivity contribution < 1.29 is 28.2 Å². The van der Waals surface area contributed by atoms with Gasteiger partial charge in [-0.3, -0.25) is 14.5 Å². The first kappa shape index (κ1) is 24.0. The molecule has 2 aromatic rings. The van der Waals surface area contributed by atoms with Crippen molar-refractivity contribution in [3.8, 4) is 11.5 Å². The van der Waals surface area contributed by atoms with Gasteiger partial charge in [-0.2, -0.15) is 0 Å². The molecule has 0 bridgehead atoms. The van der Waals surface area contributed by atoms with Gasteiger partial charge >= 0.3 is 5.97 Å². The van der Waals surface area contributed by atoms with Gasteiger partial charge in [-0.15, -0.1) is 0 Å². The lowest BCUT2D eigenvalue weighted by molar-refractivity contribution is -0.140. The molecule has 2 aromatic carbocycles. The lowest BCUT2D eigenvalue weighted by Gasteiger charge is -2.13. The lowest BCUT2D eigenvalue weighted by atomic mass is 10.1. The summed E-state index contributed by atoms with van der Waals surface area (Å²) in [5, 5.41) is 0.273. The first-order chi connectivity index (χ1) is 15.3. The second-order valence-electron chi connectivity index (χ2n) is 6.56. The summed E-state index contributed by atoms with van der Waals surface area (Å²) >= 11 is 12.5. The van der Waals surface area contributed by atoms with E-state index in [0.29, 0.717) is 26.3 Å². The van der Waals surface area contributed by atoms with Crippen LogP contribution in [0.5, 0.6) is 11.5 Å². The van der Waals surface area contributed by atoms with E-state index in [1.165, 1.54) is 31.3 Å². The summed E-state index contributed by atoms with van der Waals surface area (Å²) in [7, 11) is 2.77. The van der Waals surface area contributed by atoms with Crippen LogP contribution in [0.2, 0.25) is 5.02 Å². The number of hydrogen-bond donors (Lipinski definition) is 0. The van der Waals surface area contributed by atoms with Crippen LogP contribution >= 0.6 is 35.6 Å². The van der Waals surface area contributed by atoms with Gasteiger partial charge in [-0.1, -0.05) is 47.7 Å². The van der Waals surface area contributed by atoms with Gasteiger partial charge in [0.05, 0.1) is 30.6 Å². The lowest BCUT2D eigenvalue weighted by Crippen LogP contribution is -2.30. The summed E-state index contributed by atoms with van der Waals surface area (Å²) in [4.78, 5) is 25.8. The van der Waals surface area contributed by atoms with Crippen LogP contribution in [0, 0.1) is 5.82 Å². The highest BCUT2D eigenvalue weighted by Gasteiger charge is 2.32. The minimum absolute atomic E-state index is 0.0576. The molecule has 1 amide bonds. The Labute approximate surface area is 199 Å². The number of thioether (sulfide) groups is 1. The summed E-state index contributed by atoms with van der Waals surface area (Å²) in [6, 6.07) is 9.52. The van der Waals surface area contributed by atoms with Crippen LogP contribution in [0.1, 0.15) is 17.5 Å². The number of carbonyl (C=O) groups is 2. The third kappa shape index (κ3) is 5.59. The molecule has 0 aliphatic carbocycles. The molecule has 0 saturated carbocycles. The molecule has 1 aliphatic rings. The van der Waals surface area contributed by atoms with Gasteiger partial charge in [0.2, 0.25) is 0 Å². The first-order valence-corrected chi connectivity index (χ1v) is 11.0. The summed E-state index contributed by atoms with van der Waals surface area (Å²) in [5.41, 5.74) is 0.933. The number of benzene rings is 2. The van der Waals surface area contributed by atoms with Crippen LogP contribution in [-0.4, -0.2) is 41.9 Å². The quantitative estimate of drug-likeness (QED) is 0.295. The highest BCUT2D eigenvalue weighted by Crippen LogP contribution is 2.35. The molecule has 0 radical (unpaired) electrons. The second-order valence-corrected chi connectivity index (χ2v) is 8.64. The number of hydrogen-bond acceptors (Lipinski definition) is 7. The average Bonchev–Trinajstić information content (AvgIpc) is 3.04. The normalized spacial score (nSPS) is 14.8. The van der Waals surface area contributed by atoms with Crippen LogP contribution in [-0.2, 0) is 20.9 Å². The number of carbonyl (C=O) groups excluding carboxylic acids is 2. The molecule has 0 aromatic heterocycles. The average molecular weight is 496 g/mol. The van der Waals surface area contributed by atoms with E-state index in [1.54, 1.807) is 30.3 Å². The fourth-order valence-corrected chi connectivity index (χ4v) is 4.39. The van der Waals surface area contributed by atoms with E-state index >= 15 is 0 Å². The fourth-order valence-electron chi connectivity index (χ4n) is 2.86. The van der Waals surface area contributed by atoms with Gasteiger partial charge in [-0.05, 0) is 35.9 Å². The largest absolute Gasteiger partial charge is 0.493 e. The Morgan fingerprint density at radius 3 is 2.72 bits per heavy atom.